The number of anilines is 1. The summed E-state index contributed by atoms with van der Waals surface area (Å²) in [5.74, 6) is 0.876. The number of aliphatic hydroxyl groups is 5. The van der Waals surface area contributed by atoms with Crippen molar-refractivity contribution in [3.8, 4) is 5.75 Å². The monoisotopic (exact) mass is 640 g/mol. The van der Waals surface area contributed by atoms with E-state index in [0.717, 1.165) is 38.8 Å². The van der Waals surface area contributed by atoms with E-state index in [4.69, 9.17) is 21.4 Å². The highest BCUT2D eigenvalue weighted by atomic mass is 35.5. The molecule has 0 aromatic carbocycles. The van der Waals surface area contributed by atoms with Crippen molar-refractivity contribution in [1.29, 1.82) is 0 Å². The number of likely N-dealkylation sites (tertiary alicyclic amines) is 1. The molecule has 2 fully saturated rings. The Morgan fingerprint density at radius 1 is 1.05 bits per heavy atom. The lowest BCUT2D eigenvalue weighted by molar-refractivity contribution is -0.136. The van der Waals surface area contributed by atoms with E-state index in [1.165, 1.54) is 12.3 Å². The van der Waals surface area contributed by atoms with Crippen molar-refractivity contribution in [2.24, 2.45) is 11.8 Å². The Morgan fingerprint density at radius 3 is 2.39 bits per heavy atom. The van der Waals surface area contributed by atoms with Crippen molar-refractivity contribution < 1.29 is 39.5 Å². The van der Waals surface area contributed by atoms with E-state index >= 15 is 0 Å². The molecular formula is C29H42ClFN6O7. The number of aliphatic hydroxyl groups excluding tert-OH is 5. The number of pyridine rings is 1. The lowest BCUT2D eigenvalue weighted by Gasteiger charge is -2.39. The Hall–Kier alpha value is -2.72. The quantitative estimate of drug-likeness (QED) is 0.133. The predicted molar refractivity (Wildman–Crippen MR) is 159 cm³/mol. The van der Waals surface area contributed by atoms with E-state index in [1.807, 2.05) is 0 Å². The number of carbonyl (C=O) groups excluding carboxylic acids is 1. The fraction of sp³-hybridized carbons (Fsp3) is 0.655. The fourth-order valence-electron chi connectivity index (χ4n) is 5.39. The first-order valence-electron chi connectivity index (χ1n) is 15.0. The smallest absolute Gasteiger partial charge is 0.228 e. The first-order valence-corrected chi connectivity index (χ1v) is 15.3. The van der Waals surface area contributed by atoms with Crippen LogP contribution < -0.4 is 15.0 Å². The minimum absolute atomic E-state index is 0.0509. The van der Waals surface area contributed by atoms with Crippen molar-refractivity contribution in [3.63, 3.8) is 0 Å². The number of aromatic nitrogens is 3. The van der Waals surface area contributed by atoms with Crippen molar-refractivity contribution in [1.82, 2.24) is 25.2 Å². The molecule has 0 bridgehead atoms. The Morgan fingerprint density at radius 2 is 1.73 bits per heavy atom. The van der Waals surface area contributed by atoms with Crippen molar-refractivity contribution in [3.05, 3.63) is 41.2 Å². The molecule has 0 radical (unpaired) electrons. The summed E-state index contributed by atoms with van der Waals surface area (Å²) in [6.45, 7) is 2.78. The van der Waals surface area contributed by atoms with Crippen molar-refractivity contribution in [2.75, 3.05) is 57.4 Å². The molecule has 0 saturated carbocycles. The summed E-state index contributed by atoms with van der Waals surface area (Å²) in [6, 6.07) is 1.26. The zero-order chi connectivity index (χ0) is 31.6. The van der Waals surface area contributed by atoms with E-state index in [9.17, 15) is 29.6 Å². The maximum absolute atomic E-state index is 14.7. The van der Waals surface area contributed by atoms with Gasteiger partial charge in [-0.3, -0.25) is 9.78 Å². The highest BCUT2D eigenvalue weighted by Gasteiger charge is 2.33. The molecule has 15 heteroatoms. The molecule has 2 aliphatic rings. The minimum Gasteiger partial charge on any atom is -0.492 e. The van der Waals surface area contributed by atoms with Crippen LogP contribution in [0.15, 0.2) is 24.7 Å². The number of hydrogen-bond donors (Lipinski definition) is 6. The van der Waals surface area contributed by atoms with Crippen LogP contribution in [0, 0.1) is 17.7 Å². The van der Waals surface area contributed by atoms with E-state index < -0.39 is 36.8 Å². The second-order valence-corrected chi connectivity index (χ2v) is 12.0. The molecule has 244 valence electrons. The fourth-order valence-corrected chi connectivity index (χ4v) is 5.48. The molecule has 4 heterocycles. The summed E-state index contributed by atoms with van der Waals surface area (Å²) in [6.07, 6.45) is 2.18. The number of amides is 1. The van der Waals surface area contributed by atoms with Crippen molar-refractivity contribution in [2.45, 2.75) is 56.5 Å². The SMILES string of the molecule is O=C(Cc1ncc(OCCCC2CCN(c3ncc(Cl)cn3)CC2)cc1F)N1CC(CNC[C@H](O)[C@@H](O)[C@H](O)[C@H](O)CO)C1. The lowest BCUT2D eigenvalue weighted by atomic mass is 9.92. The van der Waals surface area contributed by atoms with Gasteiger partial charge in [-0.15, -0.1) is 0 Å². The van der Waals surface area contributed by atoms with Crippen LogP contribution in [0.1, 0.15) is 31.4 Å². The maximum atomic E-state index is 14.7. The van der Waals surface area contributed by atoms with Crippen LogP contribution in [-0.4, -0.2) is 128 Å². The summed E-state index contributed by atoms with van der Waals surface area (Å²) < 4.78 is 20.4. The van der Waals surface area contributed by atoms with Gasteiger partial charge in [-0.2, -0.15) is 0 Å². The number of rotatable bonds is 16. The summed E-state index contributed by atoms with van der Waals surface area (Å²) in [4.78, 5) is 29.0. The first kappa shape index (κ1) is 34.2. The maximum Gasteiger partial charge on any atom is 0.228 e. The molecule has 0 spiro atoms. The van der Waals surface area contributed by atoms with Crippen LogP contribution in [0.2, 0.25) is 5.02 Å². The second kappa shape index (κ2) is 16.5. The van der Waals surface area contributed by atoms with Gasteiger partial charge in [-0.1, -0.05) is 11.6 Å². The van der Waals surface area contributed by atoms with Crippen LogP contribution in [0.3, 0.4) is 0 Å². The molecule has 6 N–H and O–H groups in total. The highest BCUT2D eigenvalue weighted by Crippen LogP contribution is 2.25. The Labute approximate surface area is 260 Å². The Kier molecular flexibility index (Phi) is 12.8. The largest absolute Gasteiger partial charge is 0.492 e. The van der Waals surface area contributed by atoms with Gasteiger partial charge >= 0.3 is 0 Å². The van der Waals surface area contributed by atoms with Gasteiger partial charge in [-0.05, 0) is 31.6 Å². The first-order chi connectivity index (χ1) is 21.1. The standard InChI is InChI=1S/C29H42ClFN6O7/c30-20-11-34-29(35-12-20)36-5-3-18(4-6-36)2-1-7-44-21-8-22(31)23(33-13-21)9-26(41)37-15-19(16-37)10-32-14-24(39)27(42)28(43)25(40)17-38/h8,11-13,18-19,24-25,27-28,32,38-40,42-43H,1-7,9-10,14-17H2/t24-,25+,27+,28+/m0/s1. The lowest BCUT2D eigenvalue weighted by Crippen LogP contribution is -2.55. The number of ether oxygens (including phenoxy) is 1. The van der Waals surface area contributed by atoms with E-state index in [1.54, 1.807) is 17.3 Å². The van der Waals surface area contributed by atoms with Gasteiger partial charge in [0.1, 0.15) is 29.9 Å². The van der Waals surface area contributed by atoms with Crippen LogP contribution >= 0.6 is 11.6 Å². The van der Waals surface area contributed by atoms with Gasteiger partial charge in [-0.25, -0.2) is 14.4 Å². The van der Waals surface area contributed by atoms with Crippen LogP contribution in [0.25, 0.3) is 0 Å². The number of nitrogens with one attached hydrogen (secondary N) is 1. The normalized spacial score (nSPS) is 18.9. The third kappa shape index (κ3) is 9.64. The highest BCUT2D eigenvalue weighted by molar-refractivity contribution is 6.30. The third-order valence-corrected chi connectivity index (χ3v) is 8.36. The van der Waals surface area contributed by atoms with E-state index in [2.05, 4.69) is 25.2 Å². The Balaban J connectivity index is 1.08. The zero-order valence-corrected chi connectivity index (χ0v) is 25.3. The summed E-state index contributed by atoms with van der Waals surface area (Å²) in [5.41, 5.74) is 0.0566. The van der Waals surface area contributed by atoms with Crippen molar-refractivity contribution >= 4 is 23.5 Å². The van der Waals surface area contributed by atoms with Gasteiger partial charge in [0.2, 0.25) is 11.9 Å². The number of nitrogens with zero attached hydrogens (tertiary/aromatic N) is 5. The predicted octanol–water partition coefficient (Wildman–Crippen LogP) is -0.234. The number of carbonyl (C=O) groups is 1. The molecule has 4 atom stereocenters. The van der Waals surface area contributed by atoms with Gasteiger partial charge in [0.25, 0.3) is 0 Å². The van der Waals surface area contributed by atoms with Gasteiger partial charge < -0.3 is 45.4 Å². The molecule has 0 aliphatic carbocycles. The molecule has 13 nitrogen and oxygen atoms in total. The second-order valence-electron chi connectivity index (χ2n) is 11.5. The van der Waals surface area contributed by atoms with Gasteiger partial charge in [0.05, 0.1) is 55.0 Å². The molecule has 1 amide bonds. The average Bonchev–Trinajstić information content (AvgIpc) is 3.01. The summed E-state index contributed by atoms with van der Waals surface area (Å²) in [7, 11) is 0. The molecule has 2 aromatic rings. The molecule has 2 saturated heterocycles. The topological polar surface area (TPSA) is 185 Å². The summed E-state index contributed by atoms with van der Waals surface area (Å²) in [5, 5.41) is 51.2. The number of piperidine rings is 1. The number of halogens is 2. The molecule has 2 aromatic heterocycles. The Bertz CT molecular complexity index is 1190. The molecule has 44 heavy (non-hydrogen) atoms. The van der Waals surface area contributed by atoms with Gasteiger partial charge in [0, 0.05) is 51.3 Å². The molecule has 2 aliphatic heterocycles. The van der Waals surface area contributed by atoms with E-state index in [0.29, 0.717) is 48.9 Å². The van der Waals surface area contributed by atoms with Gasteiger partial charge in [0.15, 0.2) is 0 Å². The van der Waals surface area contributed by atoms with E-state index in [-0.39, 0.29) is 30.5 Å². The minimum atomic E-state index is -1.68. The molecule has 4 rings (SSSR count). The number of hydrogen-bond acceptors (Lipinski definition) is 12. The zero-order valence-electron chi connectivity index (χ0n) is 24.5. The third-order valence-electron chi connectivity index (χ3n) is 8.16. The van der Waals surface area contributed by atoms with Crippen LogP contribution in [-0.2, 0) is 11.2 Å². The van der Waals surface area contributed by atoms with Crippen LogP contribution in [0.5, 0.6) is 5.75 Å². The molecular weight excluding hydrogens is 599 g/mol. The molecule has 0 unspecified atom stereocenters. The average molecular weight is 641 g/mol. The summed E-state index contributed by atoms with van der Waals surface area (Å²) >= 11 is 5.87. The van der Waals surface area contributed by atoms with Crippen LogP contribution in [0.4, 0.5) is 10.3 Å².